The molecule has 3 heterocycles. The van der Waals surface area contributed by atoms with Gasteiger partial charge in [0.25, 0.3) is 0 Å². The molecular weight excluding hydrogens is 671 g/mol. The van der Waals surface area contributed by atoms with Gasteiger partial charge in [0.1, 0.15) is 11.2 Å². The number of nitrogens with zero attached hydrogens (tertiary/aromatic N) is 1. The standard InChI is InChI=1S/C48H29NOS2/c1-4-19-43-37(12-1)41-17-8-15-35(47(41)50-43)31-10-7-11-33(28-31)49(34-26-27-40-38-13-2-5-20-44(38)51-46(40)29-34)32-24-22-30(23-25-32)36-16-9-18-42-39-14-3-6-21-45(39)52-48(36)42/h1-29H. The van der Waals surface area contributed by atoms with Gasteiger partial charge in [-0.25, -0.2) is 0 Å². The molecule has 0 aliphatic carbocycles. The summed E-state index contributed by atoms with van der Waals surface area (Å²) in [4.78, 5) is 2.38. The maximum atomic E-state index is 6.48. The fraction of sp³-hybridized carbons (Fsp3) is 0. The van der Waals surface area contributed by atoms with Crippen molar-refractivity contribution < 1.29 is 4.42 Å². The Hall–Kier alpha value is -6.20. The lowest BCUT2D eigenvalue weighted by Gasteiger charge is -2.26. The van der Waals surface area contributed by atoms with Crippen molar-refractivity contribution in [3.63, 3.8) is 0 Å². The molecule has 0 aliphatic heterocycles. The highest BCUT2D eigenvalue weighted by molar-refractivity contribution is 7.26. The first kappa shape index (κ1) is 29.5. The molecule has 52 heavy (non-hydrogen) atoms. The minimum atomic E-state index is 0.908. The smallest absolute Gasteiger partial charge is 0.143 e. The van der Waals surface area contributed by atoms with Crippen LogP contribution in [0.1, 0.15) is 0 Å². The fourth-order valence-corrected chi connectivity index (χ4v) is 10.2. The van der Waals surface area contributed by atoms with Gasteiger partial charge in [0.05, 0.1) is 0 Å². The van der Waals surface area contributed by atoms with Crippen LogP contribution in [0.15, 0.2) is 180 Å². The van der Waals surface area contributed by atoms with E-state index in [1.165, 1.54) is 51.5 Å². The average molecular weight is 700 g/mol. The molecule has 0 amide bonds. The first-order valence-electron chi connectivity index (χ1n) is 17.5. The predicted molar refractivity (Wildman–Crippen MR) is 225 cm³/mol. The molecule has 0 N–H and O–H groups in total. The second kappa shape index (κ2) is 11.7. The van der Waals surface area contributed by atoms with Gasteiger partial charge >= 0.3 is 0 Å². The van der Waals surface area contributed by atoms with Crippen LogP contribution in [0.2, 0.25) is 0 Å². The van der Waals surface area contributed by atoms with E-state index in [0.29, 0.717) is 0 Å². The molecular formula is C48H29NOS2. The number of rotatable bonds is 5. The predicted octanol–water partition coefficient (Wildman–Crippen LogP) is 15.1. The lowest BCUT2D eigenvalue weighted by molar-refractivity contribution is 0.670. The van der Waals surface area contributed by atoms with Crippen molar-refractivity contribution >= 4 is 102 Å². The third-order valence-electron chi connectivity index (χ3n) is 10.3. The molecule has 0 fully saturated rings. The lowest BCUT2D eigenvalue weighted by Crippen LogP contribution is -2.10. The van der Waals surface area contributed by atoms with Crippen LogP contribution in [0.25, 0.3) is 84.5 Å². The maximum Gasteiger partial charge on any atom is 0.143 e. The van der Waals surface area contributed by atoms with E-state index in [-0.39, 0.29) is 0 Å². The Morgan fingerprint density at radius 3 is 1.83 bits per heavy atom. The zero-order chi connectivity index (χ0) is 34.2. The summed E-state index contributed by atoms with van der Waals surface area (Å²) in [5.74, 6) is 0. The highest BCUT2D eigenvalue weighted by Gasteiger charge is 2.18. The molecule has 2 nitrogen and oxygen atoms in total. The van der Waals surface area contributed by atoms with Gasteiger partial charge in [0, 0.05) is 73.7 Å². The molecule has 0 bridgehead atoms. The molecule has 0 radical (unpaired) electrons. The van der Waals surface area contributed by atoms with Gasteiger partial charge in [-0.15, -0.1) is 22.7 Å². The van der Waals surface area contributed by atoms with Gasteiger partial charge < -0.3 is 9.32 Å². The monoisotopic (exact) mass is 699 g/mol. The van der Waals surface area contributed by atoms with Crippen molar-refractivity contribution in [3.8, 4) is 22.3 Å². The quantitative estimate of drug-likeness (QED) is 0.178. The number of furan rings is 1. The van der Waals surface area contributed by atoms with Crippen molar-refractivity contribution in [3.05, 3.63) is 176 Å². The van der Waals surface area contributed by atoms with Gasteiger partial charge in [-0.3, -0.25) is 0 Å². The fourth-order valence-electron chi connectivity index (χ4n) is 7.85. The summed E-state index contributed by atoms with van der Waals surface area (Å²) in [6.07, 6.45) is 0. The highest BCUT2D eigenvalue weighted by Crippen LogP contribution is 2.44. The van der Waals surface area contributed by atoms with E-state index in [4.69, 9.17) is 4.42 Å². The second-order valence-corrected chi connectivity index (χ2v) is 15.4. The number of thiophene rings is 2. The normalized spacial score (nSPS) is 11.8. The summed E-state index contributed by atoms with van der Waals surface area (Å²) in [7, 11) is 0. The Balaban J connectivity index is 1.07. The van der Waals surface area contributed by atoms with Crippen LogP contribution in [-0.2, 0) is 0 Å². The molecule has 0 saturated carbocycles. The topological polar surface area (TPSA) is 16.4 Å². The molecule has 0 spiro atoms. The summed E-state index contributed by atoms with van der Waals surface area (Å²) in [5.41, 5.74) is 9.82. The van der Waals surface area contributed by atoms with E-state index in [0.717, 1.165) is 50.1 Å². The average Bonchev–Trinajstić information content (AvgIpc) is 3.89. The van der Waals surface area contributed by atoms with Gasteiger partial charge in [-0.05, 0) is 71.3 Å². The summed E-state index contributed by atoms with van der Waals surface area (Å²) >= 11 is 3.73. The van der Waals surface area contributed by atoms with Crippen LogP contribution in [0.3, 0.4) is 0 Å². The summed E-state index contributed by atoms with van der Waals surface area (Å²) in [5, 5.41) is 7.51. The van der Waals surface area contributed by atoms with Crippen molar-refractivity contribution in [2.75, 3.05) is 4.90 Å². The molecule has 0 unspecified atom stereocenters. The molecule has 0 saturated heterocycles. The molecule has 11 aromatic rings. The SMILES string of the molecule is c1cc(-c2cccc3c2oc2ccccc23)cc(N(c2ccc(-c3cccc4c3sc3ccccc34)cc2)c2ccc3c(c2)sc2ccccc23)c1. The van der Waals surface area contributed by atoms with Gasteiger partial charge in [-0.2, -0.15) is 0 Å². The highest BCUT2D eigenvalue weighted by atomic mass is 32.1. The van der Waals surface area contributed by atoms with E-state index in [1.807, 2.05) is 34.8 Å². The molecule has 0 aliphatic rings. The second-order valence-electron chi connectivity index (χ2n) is 13.3. The van der Waals surface area contributed by atoms with Gasteiger partial charge in [0.2, 0.25) is 0 Å². The van der Waals surface area contributed by atoms with Crippen molar-refractivity contribution in [1.82, 2.24) is 0 Å². The number of hydrogen-bond donors (Lipinski definition) is 0. The first-order chi connectivity index (χ1) is 25.8. The van der Waals surface area contributed by atoms with Crippen LogP contribution in [0, 0.1) is 0 Å². The van der Waals surface area contributed by atoms with Gasteiger partial charge in [0.15, 0.2) is 0 Å². The molecule has 3 aromatic heterocycles. The number of para-hydroxylation sites is 2. The Kier molecular flexibility index (Phi) is 6.63. The summed E-state index contributed by atoms with van der Waals surface area (Å²) in [6.45, 7) is 0. The zero-order valence-electron chi connectivity index (χ0n) is 27.9. The lowest BCUT2D eigenvalue weighted by atomic mass is 10.0. The van der Waals surface area contributed by atoms with Crippen molar-refractivity contribution in [2.24, 2.45) is 0 Å². The van der Waals surface area contributed by atoms with Crippen LogP contribution in [0.4, 0.5) is 17.1 Å². The van der Waals surface area contributed by atoms with Crippen LogP contribution in [0.5, 0.6) is 0 Å². The van der Waals surface area contributed by atoms with E-state index in [2.05, 4.69) is 169 Å². The van der Waals surface area contributed by atoms with Crippen LogP contribution >= 0.6 is 22.7 Å². The Morgan fingerprint density at radius 2 is 0.981 bits per heavy atom. The molecule has 4 heteroatoms. The molecule has 244 valence electrons. The van der Waals surface area contributed by atoms with Gasteiger partial charge in [-0.1, -0.05) is 121 Å². The first-order valence-corrected chi connectivity index (χ1v) is 19.1. The molecule has 11 rings (SSSR count). The van der Waals surface area contributed by atoms with E-state index in [1.54, 1.807) is 0 Å². The zero-order valence-corrected chi connectivity index (χ0v) is 29.5. The molecule has 0 atom stereocenters. The van der Waals surface area contributed by atoms with Crippen molar-refractivity contribution in [2.45, 2.75) is 0 Å². The third-order valence-corrected chi connectivity index (χ3v) is 12.6. The minimum Gasteiger partial charge on any atom is -0.455 e. The minimum absolute atomic E-state index is 0.908. The number of benzene rings is 8. The summed E-state index contributed by atoms with van der Waals surface area (Å²) < 4.78 is 11.7. The largest absolute Gasteiger partial charge is 0.455 e. The molecule has 8 aromatic carbocycles. The van der Waals surface area contributed by atoms with Crippen LogP contribution < -0.4 is 4.90 Å². The Labute approximate surface area is 308 Å². The maximum absolute atomic E-state index is 6.48. The van der Waals surface area contributed by atoms with E-state index >= 15 is 0 Å². The Bertz CT molecular complexity index is 3150. The van der Waals surface area contributed by atoms with E-state index in [9.17, 15) is 0 Å². The number of hydrogen-bond acceptors (Lipinski definition) is 4. The number of anilines is 3. The third kappa shape index (κ3) is 4.62. The van der Waals surface area contributed by atoms with E-state index < -0.39 is 0 Å². The van der Waals surface area contributed by atoms with Crippen LogP contribution in [-0.4, -0.2) is 0 Å². The summed E-state index contributed by atoms with van der Waals surface area (Å²) in [6, 6.07) is 63.7. The number of fused-ring (bicyclic) bond motifs is 9. The Morgan fingerprint density at radius 1 is 0.365 bits per heavy atom. The van der Waals surface area contributed by atoms with Crippen molar-refractivity contribution in [1.29, 1.82) is 0 Å².